The number of amides is 2. The Bertz CT molecular complexity index is 431. The fourth-order valence-corrected chi connectivity index (χ4v) is 3.99. The van der Waals surface area contributed by atoms with Crippen molar-refractivity contribution in [3.63, 3.8) is 0 Å². The monoisotopic (exact) mass is 352 g/mol. The van der Waals surface area contributed by atoms with Crippen molar-refractivity contribution < 1.29 is 9.59 Å². The summed E-state index contributed by atoms with van der Waals surface area (Å²) in [6.07, 6.45) is 3.54. The molecule has 25 heavy (non-hydrogen) atoms. The van der Waals surface area contributed by atoms with Crippen molar-refractivity contribution in [1.29, 1.82) is 0 Å². The normalized spacial score (nSPS) is 20.3. The van der Waals surface area contributed by atoms with Crippen molar-refractivity contribution in [2.45, 2.75) is 59.0 Å². The average Bonchev–Trinajstić information content (AvgIpc) is 2.56. The molecule has 6 heteroatoms. The lowest BCUT2D eigenvalue weighted by Crippen LogP contribution is -2.54. The lowest BCUT2D eigenvalue weighted by molar-refractivity contribution is -0.137. The molecule has 2 heterocycles. The third kappa shape index (κ3) is 5.96. The predicted molar refractivity (Wildman–Crippen MR) is 100 cm³/mol. The number of likely N-dealkylation sites (tertiary alicyclic amines) is 1. The van der Waals surface area contributed by atoms with E-state index in [0.717, 1.165) is 52.1 Å². The highest BCUT2D eigenvalue weighted by Crippen LogP contribution is 2.11. The third-order valence-electron chi connectivity index (χ3n) is 5.29. The molecule has 0 aromatic rings. The first kappa shape index (κ1) is 20.2. The van der Waals surface area contributed by atoms with Crippen molar-refractivity contribution in [1.82, 2.24) is 19.6 Å². The number of nitrogens with zero attached hydrogens (tertiary/aromatic N) is 4. The molecule has 0 aromatic carbocycles. The van der Waals surface area contributed by atoms with Crippen LogP contribution >= 0.6 is 0 Å². The van der Waals surface area contributed by atoms with E-state index in [9.17, 15) is 9.59 Å². The van der Waals surface area contributed by atoms with Crippen LogP contribution in [0.25, 0.3) is 0 Å². The number of piperidine rings is 1. The van der Waals surface area contributed by atoms with Crippen molar-refractivity contribution in [2.75, 3.05) is 52.4 Å². The molecule has 0 aliphatic carbocycles. The highest BCUT2D eigenvalue weighted by molar-refractivity contribution is 5.79. The van der Waals surface area contributed by atoms with E-state index in [1.54, 1.807) is 0 Å². The minimum Gasteiger partial charge on any atom is -0.342 e. The number of carbonyl (C=O) groups excluding carboxylic acids is 2. The molecule has 0 radical (unpaired) electrons. The molecule has 2 saturated heterocycles. The molecule has 2 amide bonds. The molecule has 0 saturated carbocycles. The minimum absolute atomic E-state index is 0.211. The van der Waals surface area contributed by atoms with Crippen LogP contribution in [0.1, 0.15) is 47.0 Å². The Morgan fingerprint density at radius 2 is 1.24 bits per heavy atom. The third-order valence-corrected chi connectivity index (χ3v) is 5.29. The zero-order chi connectivity index (χ0) is 18.4. The minimum atomic E-state index is 0.211. The van der Waals surface area contributed by atoms with E-state index in [2.05, 4.69) is 37.5 Å². The van der Waals surface area contributed by atoms with Crippen molar-refractivity contribution >= 4 is 11.8 Å². The van der Waals surface area contributed by atoms with Crippen LogP contribution in [0.4, 0.5) is 0 Å². The van der Waals surface area contributed by atoms with E-state index in [4.69, 9.17) is 0 Å². The zero-order valence-corrected chi connectivity index (χ0v) is 16.5. The summed E-state index contributed by atoms with van der Waals surface area (Å²) < 4.78 is 0. The summed E-state index contributed by atoms with van der Waals surface area (Å²) >= 11 is 0. The van der Waals surface area contributed by atoms with Crippen LogP contribution in [-0.4, -0.2) is 95.9 Å². The molecule has 2 fully saturated rings. The molecular weight excluding hydrogens is 316 g/mol. The zero-order valence-electron chi connectivity index (χ0n) is 16.5. The van der Waals surface area contributed by atoms with Crippen LogP contribution in [0.2, 0.25) is 0 Å². The summed E-state index contributed by atoms with van der Waals surface area (Å²) in [5.74, 6) is 0.484. The van der Waals surface area contributed by atoms with Gasteiger partial charge in [0.2, 0.25) is 11.8 Å². The predicted octanol–water partition coefficient (Wildman–Crippen LogP) is 1.26. The summed E-state index contributed by atoms with van der Waals surface area (Å²) in [4.78, 5) is 33.4. The van der Waals surface area contributed by atoms with Gasteiger partial charge < -0.3 is 9.80 Å². The van der Waals surface area contributed by atoms with Crippen molar-refractivity contribution in [3.05, 3.63) is 0 Å². The van der Waals surface area contributed by atoms with Crippen LogP contribution in [0.3, 0.4) is 0 Å². The van der Waals surface area contributed by atoms with Crippen LogP contribution in [-0.2, 0) is 9.59 Å². The van der Waals surface area contributed by atoms with Gasteiger partial charge in [0.15, 0.2) is 0 Å². The second-order valence-electron chi connectivity index (χ2n) is 7.98. The van der Waals surface area contributed by atoms with E-state index in [0.29, 0.717) is 13.1 Å². The Morgan fingerprint density at radius 1 is 0.760 bits per heavy atom. The highest BCUT2D eigenvalue weighted by atomic mass is 16.2. The molecule has 2 rings (SSSR count). The Labute approximate surface area is 153 Å². The molecule has 0 aromatic heterocycles. The van der Waals surface area contributed by atoms with Gasteiger partial charge in [0.1, 0.15) is 0 Å². The van der Waals surface area contributed by atoms with Crippen LogP contribution in [0.15, 0.2) is 0 Å². The van der Waals surface area contributed by atoms with Gasteiger partial charge in [-0.15, -0.1) is 0 Å². The van der Waals surface area contributed by atoms with Crippen molar-refractivity contribution in [3.8, 4) is 0 Å². The molecule has 6 nitrogen and oxygen atoms in total. The molecule has 144 valence electrons. The van der Waals surface area contributed by atoms with Gasteiger partial charge >= 0.3 is 0 Å². The quantitative estimate of drug-likeness (QED) is 0.722. The fraction of sp³-hybridized carbons (Fsp3) is 0.895. The molecular formula is C19H36N4O2. The topological polar surface area (TPSA) is 47.1 Å². The SMILES string of the molecule is CC(C)N(C(=O)CN1CCN(CC(=O)N2CCCCC2)CC1)C(C)C. The summed E-state index contributed by atoms with van der Waals surface area (Å²) in [5, 5.41) is 0. The lowest BCUT2D eigenvalue weighted by atomic mass is 10.1. The second kappa shape index (κ2) is 9.53. The molecule has 0 atom stereocenters. The second-order valence-corrected chi connectivity index (χ2v) is 7.98. The summed E-state index contributed by atoms with van der Waals surface area (Å²) in [7, 11) is 0. The van der Waals surface area contributed by atoms with E-state index in [1.807, 2.05) is 9.80 Å². The molecule has 0 unspecified atom stereocenters. The molecule has 2 aliphatic heterocycles. The Kier molecular flexibility index (Phi) is 7.69. The van der Waals surface area contributed by atoms with Gasteiger partial charge in [-0.1, -0.05) is 0 Å². The van der Waals surface area contributed by atoms with Crippen molar-refractivity contribution in [2.24, 2.45) is 0 Å². The van der Waals surface area contributed by atoms with Gasteiger partial charge in [-0.25, -0.2) is 0 Å². The smallest absolute Gasteiger partial charge is 0.237 e. The first-order chi connectivity index (χ1) is 11.9. The van der Waals surface area contributed by atoms with Gasteiger partial charge in [-0.3, -0.25) is 19.4 Å². The largest absolute Gasteiger partial charge is 0.342 e. The molecule has 0 bridgehead atoms. The van der Waals surface area contributed by atoms with Gasteiger partial charge in [0.25, 0.3) is 0 Å². The summed E-state index contributed by atoms with van der Waals surface area (Å²) in [6, 6.07) is 0.465. The van der Waals surface area contributed by atoms with Crippen LogP contribution in [0.5, 0.6) is 0 Å². The number of piperazine rings is 1. The van der Waals surface area contributed by atoms with E-state index in [-0.39, 0.29) is 23.9 Å². The highest BCUT2D eigenvalue weighted by Gasteiger charge is 2.26. The van der Waals surface area contributed by atoms with Gasteiger partial charge in [-0.05, 0) is 47.0 Å². The Hall–Kier alpha value is -1.14. The first-order valence-corrected chi connectivity index (χ1v) is 9.92. The van der Waals surface area contributed by atoms with E-state index < -0.39 is 0 Å². The maximum Gasteiger partial charge on any atom is 0.237 e. The van der Waals surface area contributed by atoms with E-state index >= 15 is 0 Å². The van der Waals surface area contributed by atoms with Crippen LogP contribution in [0, 0.1) is 0 Å². The first-order valence-electron chi connectivity index (χ1n) is 9.92. The maximum absolute atomic E-state index is 12.6. The lowest BCUT2D eigenvalue weighted by Gasteiger charge is -2.37. The summed E-state index contributed by atoms with van der Waals surface area (Å²) in [5.41, 5.74) is 0. The molecule has 0 spiro atoms. The number of rotatable bonds is 6. The van der Waals surface area contributed by atoms with Crippen LogP contribution < -0.4 is 0 Å². The average molecular weight is 353 g/mol. The number of carbonyl (C=O) groups is 2. The summed E-state index contributed by atoms with van der Waals surface area (Å²) in [6.45, 7) is 14.6. The molecule has 2 aliphatic rings. The van der Waals surface area contributed by atoms with Gasteiger partial charge in [-0.2, -0.15) is 0 Å². The van der Waals surface area contributed by atoms with Gasteiger partial charge in [0.05, 0.1) is 13.1 Å². The fourth-order valence-electron chi connectivity index (χ4n) is 3.99. The van der Waals surface area contributed by atoms with Gasteiger partial charge in [0, 0.05) is 51.4 Å². The number of hydrogen-bond donors (Lipinski definition) is 0. The standard InChI is InChI=1S/C19H36N4O2/c1-16(2)23(17(3)4)19(25)15-21-12-10-20(11-13-21)14-18(24)22-8-6-5-7-9-22/h16-17H,5-15H2,1-4H3. The Morgan fingerprint density at radius 3 is 1.72 bits per heavy atom. The number of hydrogen-bond acceptors (Lipinski definition) is 4. The maximum atomic E-state index is 12.6. The molecule has 0 N–H and O–H groups in total. The van der Waals surface area contributed by atoms with E-state index in [1.165, 1.54) is 6.42 Å². The Balaban J connectivity index is 1.73.